The average Bonchev–Trinajstić information content (AvgIpc) is 2.68. The molecule has 1 heterocycles. The summed E-state index contributed by atoms with van der Waals surface area (Å²) in [6.45, 7) is 5.85. The van der Waals surface area contributed by atoms with Crippen molar-refractivity contribution in [2.75, 3.05) is 25.1 Å². The Hall–Kier alpha value is -2.04. The van der Waals surface area contributed by atoms with Gasteiger partial charge in [-0.3, -0.25) is 4.79 Å². The van der Waals surface area contributed by atoms with Crippen molar-refractivity contribution < 1.29 is 14.3 Å². The van der Waals surface area contributed by atoms with Crippen LogP contribution in [0.5, 0.6) is 5.75 Å². The Morgan fingerprint density at radius 1 is 1.19 bits per heavy atom. The highest BCUT2D eigenvalue weighted by atomic mass is 35.5. The molecule has 144 valence electrons. The smallest absolute Gasteiger partial charge is 0.235 e. The summed E-state index contributed by atoms with van der Waals surface area (Å²) in [7, 11) is 0. The molecule has 1 saturated heterocycles. The van der Waals surface area contributed by atoms with Gasteiger partial charge in [-0.15, -0.1) is 0 Å². The van der Waals surface area contributed by atoms with E-state index in [1.807, 2.05) is 19.9 Å². The summed E-state index contributed by atoms with van der Waals surface area (Å²) in [6.07, 6.45) is 2.23. The molecule has 0 atom stereocenters. The minimum atomic E-state index is -0.587. The van der Waals surface area contributed by atoms with Crippen molar-refractivity contribution in [2.24, 2.45) is 0 Å². The van der Waals surface area contributed by atoms with Gasteiger partial charge in [-0.25, -0.2) is 0 Å². The molecule has 1 amide bonds. The van der Waals surface area contributed by atoms with E-state index in [0.29, 0.717) is 49.1 Å². The molecule has 0 aliphatic carbocycles. The minimum absolute atomic E-state index is 0.0204. The Kier molecular flexibility index (Phi) is 6.40. The lowest BCUT2D eigenvalue weighted by molar-refractivity contribution is -0.125. The third kappa shape index (κ3) is 4.45. The minimum Gasteiger partial charge on any atom is -0.492 e. The van der Waals surface area contributed by atoms with Crippen molar-refractivity contribution in [3.05, 3.63) is 58.6 Å². The zero-order chi connectivity index (χ0) is 19.3. The van der Waals surface area contributed by atoms with E-state index in [-0.39, 0.29) is 5.91 Å². The van der Waals surface area contributed by atoms with E-state index in [0.717, 1.165) is 12.0 Å². The van der Waals surface area contributed by atoms with Crippen molar-refractivity contribution in [2.45, 2.75) is 38.5 Å². The van der Waals surface area contributed by atoms with E-state index in [2.05, 4.69) is 29.6 Å². The standard InChI is InChI=1S/C22H26ClNO3/c1-3-12-27-20-9-8-18(15-19(20)23)24-21(25)22(10-13-26-14-11-22)17-6-4-16(2)5-7-17/h4-9,15H,3,10-14H2,1-2H3,(H,24,25). The summed E-state index contributed by atoms with van der Waals surface area (Å²) in [4.78, 5) is 13.3. The van der Waals surface area contributed by atoms with Crippen LogP contribution in [-0.4, -0.2) is 25.7 Å². The molecule has 0 radical (unpaired) electrons. The monoisotopic (exact) mass is 387 g/mol. The van der Waals surface area contributed by atoms with Crippen molar-refractivity contribution in [1.82, 2.24) is 0 Å². The van der Waals surface area contributed by atoms with Gasteiger partial charge >= 0.3 is 0 Å². The predicted molar refractivity (Wildman–Crippen MR) is 109 cm³/mol. The van der Waals surface area contributed by atoms with Crippen molar-refractivity contribution in [3.8, 4) is 5.75 Å². The number of carbonyl (C=O) groups excluding carboxylic acids is 1. The van der Waals surface area contributed by atoms with Gasteiger partial charge in [0.05, 0.1) is 17.0 Å². The van der Waals surface area contributed by atoms with Crippen LogP contribution in [0, 0.1) is 6.92 Å². The summed E-state index contributed by atoms with van der Waals surface area (Å²) in [5.74, 6) is 0.615. The largest absolute Gasteiger partial charge is 0.492 e. The zero-order valence-corrected chi connectivity index (χ0v) is 16.6. The molecule has 1 aliphatic heterocycles. The number of anilines is 1. The quantitative estimate of drug-likeness (QED) is 0.747. The van der Waals surface area contributed by atoms with Crippen LogP contribution in [0.15, 0.2) is 42.5 Å². The number of benzene rings is 2. The van der Waals surface area contributed by atoms with E-state index >= 15 is 0 Å². The summed E-state index contributed by atoms with van der Waals surface area (Å²) in [5.41, 5.74) is 2.29. The molecule has 0 aromatic heterocycles. The molecule has 2 aromatic rings. The predicted octanol–water partition coefficient (Wildman–Crippen LogP) is 5.12. The van der Waals surface area contributed by atoms with Gasteiger partial charge in [0.2, 0.25) is 5.91 Å². The lowest BCUT2D eigenvalue weighted by Crippen LogP contribution is -2.44. The Labute approximate surface area is 165 Å². The fraction of sp³-hybridized carbons (Fsp3) is 0.409. The Morgan fingerprint density at radius 2 is 1.89 bits per heavy atom. The number of hydrogen-bond acceptors (Lipinski definition) is 3. The van der Waals surface area contributed by atoms with Crippen LogP contribution in [0.1, 0.15) is 37.3 Å². The molecule has 1 aliphatic rings. The van der Waals surface area contributed by atoms with Crippen LogP contribution in [-0.2, 0) is 14.9 Å². The molecule has 1 N–H and O–H groups in total. The Morgan fingerprint density at radius 3 is 2.52 bits per heavy atom. The Bertz CT molecular complexity index is 783. The van der Waals surface area contributed by atoms with E-state index < -0.39 is 5.41 Å². The van der Waals surface area contributed by atoms with Crippen LogP contribution in [0.2, 0.25) is 5.02 Å². The molecule has 1 fully saturated rings. The lowest BCUT2D eigenvalue weighted by atomic mass is 9.73. The van der Waals surface area contributed by atoms with Gasteiger partial charge in [0, 0.05) is 18.9 Å². The maximum absolute atomic E-state index is 13.3. The third-order valence-electron chi connectivity index (χ3n) is 5.04. The van der Waals surface area contributed by atoms with Crippen LogP contribution in [0.25, 0.3) is 0 Å². The van der Waals surface area contributed by atoms with Crippen LogP contribution < -0.4 is 10.1 Å². The van der Waals surface area contributed by atoms with E-state index in [9.17, 15) is 4.79 Å². The number of amides is 1. The first-order valence-corrected chi connectivity index (χ1v) is 9.81. The molecule has 0 spiro atoms. The number of aryl methyl sites for hydroxylation is 1. The summed E-state index contributed by atoms with van der Waals surface area (Å²) >= 11 is 6.31. The van der Waals surface area contributed by atoms with Gasteiger partial charge in [0.15, 0.2) is 0 Å². The number of hydrogen-bond donors (Lipinski definition) is 1. The number of halogens is 1. The summed E-state index contributed by atoms with van der Waals surface area (Å²) in [6, 6.07) is 13.6. The highest BCUT2D eigenvalue weighted by Crippen LogP contribution is 2.37. The van der Waals surface area contributed by atoms with Crippen molar-refractivity contribution >= 4 is 23.2 Å². The molecule has 3 rings (SSSR count). The average molecular weight is 388 g/mol. The van der Waals surface area contributed by atoms with E-state index in [1.165, 1.54) is 5.56 Å². The van der Waals surface area contributed by atoms with Gasteiger partial charge in [-0.1, -0.05) is 48.4 Å². The van der Waals surface area contributed by atoms with Crippen LogP contribution in [0.4, 0.5) is 5.69 Å². The highest BCUT2D eigenvalue weighted by Gasteiger charge is 2.41. The van der Waals surface area contributed by atoms with Crippen LogP contribution in [0.3, 0.4) is 0 Å². The fourth-order valence-corrected chi connectivity index (χ4v) is 3.63. The molecule has 0 unspecified atom stereocenters. The third-order valence-corrected chi connectivity index (χ3v) is 5.33. The van der Waals surface area contributed by atoms with Crippen molar-refractivity contribution in [1.29, 1.82) is 0 Å². The first kappa shape index (κ1) is 19.7. The van der Waals surface area contributed by atoms with Gasteiger partial charge in [-0.05, 0) is 49.9 Å². The number of carbonyl (C=O) groups is 1. The van der Waals surface area contributed by atoms with Crippen molar-refractivity contribution in [3.63, 3.8) is 0 Å². The second-order valence-corrected chi connectivity index (χ2v) is 7.42. The molecule has 5 heteroatoms. The number of nitrogens with one attached hydrogen (secondary N) is 1. The molecule has 2 aromatic carbocycles. The number of rotatable bonds is 6. The zero-order valence-electron chi connectivity index (χ0n) is 15.9. The van der Waals surface area contributed by atoms with Gasteiger partial charge in [-0.2, -0.15) is 0 Å². The van der Waals surface area contributed by atoms with E-state index in [4.69, 9.17) is 21.1 Å². The summed E-state index contributed by atoms with van der Waals surface area (Å²) < 4.78 is 11.1. The second-order valence-electron chi connectivity index (χ2n) is 7.01. The van der Waals surface area contributed by atoms with Gasteiger partial charge in [0.1, 0.15) is 5.75 Å². The normalized spacial score (nSPS) is 16.0. The number of ether oxygens (including phenoxy) is 2. The molecule has 4 nitrogen and oxygen atoms in total. The Balaban J connectivity index is 1.83. The first-order chi connectivity index (χ1) is 13.0. The topological polar surface area (TPSA) is 47.6 Å². The fourth-order valence-electron chi connectivity index (χ4n) is 3.40. The maximum atomic E-state index is 13.3. The van der Waals surface area contributed by atoms with E-state index in [1.54, 1.807) is 12.1 Å². The molecule has 0 bridgehead atoms. The first-order valence-electron chi connectivity index (χ1n) is 9.44. The van der Waals surface area contributed by atoms with Crippen LogP contribution >= 0.6 is 11.6 Å². The molecular weight excluding hydrogens is 362 g/mol. The van der Waals surface area contributed by atoms with Gasteiger partial charge < -0.3 is 14.8 Å². The molecule has 0 saturated carbocycles. The summed E-state index contributed by atoms with van der Waals surface area (Å²) in [5, 5.41) is 3.55. The second kappa shape index (κ2) is 8.77. The van der Waals surface area contributed by atoms with Gasteiger partial charge in [0.25, 0.3) is 0 Å². The SMILES string of the molecule is CCCOc1ccc(NC(=O)C2(c3ccc(C)cc3)CCOCC2)cc1Cl. The lowest BCUT2D eigenvalue weighted by Gasteiger charge is -2.36. The molecule has 27 heavy (non-hydrogen) atoms. The molecular formula is C22H26ClNO3. The highest BCUT2D eigenvalue weighted by molar-refractivity contribution is 6.32. The maximum Gasteiger partial charge on any atom is 0.235 e.